The topological polar surface area (TPSA) is 122 Å². The van der Waals surface area contributed by atoms with Gasteiger partial charge in [0.1, 0.15) is 0 Å². The van der Waals surface area contributed by atoms with E-state index in [0.29, 0.717) is 18.5 Å². The average molecular weight is 319 g/mol. The van der Waals surface area contributed by atoms with Crippen LogP contribution in [-0.2, 0) is 13.0 Å². The van der Waals surface area contributed by atoms with Gasteiger partial charge in [-0.05, 0) is 18.4 Å². The first-order chi connectivity index (χ1) is 11.0. The van der Waals surface area contributed by atoms with E-state index in [1.807, 2.05) is 24.3 Å². The van der Waals surface area contributed by atoms with Gasteiger partial charge in [-0.3, -0.25) is 0 Å². The van der Waals surface area contributed by atoms with E-state index >= 15 is 0 Å². The Morgan fingerprint density at radius 2 is 1.91 bits per heavy atom. The monoisotopic (exact) mass is 319 g/mol. The van der Waals surface area contributed by atoms with Crippen molar-refractivity contribution in [3.8, 4) is 11.3 Å². The van der Waals surface area contributed by atoms with Crippen molar-refractivity contribution in [1.82, 2.24) is 9.55 Å². The number of hydrogen-bond donors (Lipinski definition) is 4. The number of aliphatic hydroxyl groups excluding tert-OH is 2. The van der Waals surface area contributed by atoms with Crippen LogP contribution in [0.3, 0.4) is 0 Å². The zero-order valence-electron chi connectivity index (χ0n) is 12.7. The Kier molecular flexibility index (Phi) is 5.86. The van der Waals surface area contributed by atoms with Crippen LogP contribution in [0.15, 0.2) is 30.5 Å². The number of nitrogens with two attached hydrogens (primary N) is 1. The zero-order valence-corrected chi connectivity index (χ0v) is 12.7. The maximum absolute atomic E-state index is 11.2. The number of aliphatic hydroxyl groups is 2. The first-order valence-electron chi connectivity index (χ1n) is 7.42. The number of aromatic nitrogens is 2. The van der Waals surface area contributed by atoms with Gasteiger partial charge in [0, 0.05) is 31.0 Å². The lowest BCUT2D eigenvalue weighted by molar-refractivity contribution is 0.0677. The predicted octanol–water partition coefficient (Wildman–Crippen LogP) is 0.493. The molecule has 0 spiro atoms. The Hall–Kier alpha value is -2.22. The highest BCUT2D eigenvalue weighted by atomic mass is 16.4. The molecule has 124 valence electrons. The fourth-order valence-corrected chi connectivity index (χ4v) is 2.39. The Balaban J connectivity index is 2.19. The molecule has 0 radical (unpaired) electrons. The molecule has 2 rings (SSSR count). The number of nitrogens with zero attached hydrogens (tertiary/aromatic N) is 2. The van der Waals surface area contributed by atoms with Crippen molar-refractivity contribution in [1.29, 1.82) is 0 Å². The van der Waals surface area contributed by atoms with Gasteiger partial charge in [-0.1, -0.05) is 24.3 Å². The minimum absolute atomic E-state index is 0.0690. The van der Waals surface area contributed by atoms with Crippen LogP contribution >= 0.6 is 0 Å². The average Bonchev–Trinajstić information content (AvgIpc) is 2.93. The highest BCUT2D eigenvalue weighted by Gasteiger charge is 2.15. The molecule has 0 bridgehead atoms. The molecule has 0 saturated carbocycles. The maximum atomic E-state index is 11.2. The van der Waals surface area contributed by atoms with E-state index in [4.69, 9.17) is 21.1 Å². The van der Waals surface area contributed by atoms with Crippen LogP contribution in [0, 0.1) is 0 Å². The summed E-state index contributed by atoms with van der Waals surface area (Å²) < 4.78 is 1.42. The van der Waals surface area contributed by atoms with Crippen molar-refractivity contribution >= 4 is 5.97 Å². The summed E-state index contributed by atoms with van der Waals surface area (Å²) >= 11 is 0. The quantitative estimate of drug-likeness (QED) is 0.562. The minimum atomic E-state index is -1.13. The summed E-state index contributed by atoms with van der Waals surface area (Å²) in [7, 11) is 0. The first kappa shape index (κ1) is 17.1. The zero-order chi connectivity index (χ0) is 16.8. The molecule has 7 heteroatoms. The van der Waals surface area contributed by atoms with E-state index in [9.17, 15) is 4.79 Å². The van der Waals surface area contributed by atoms with Crippen molar-refractivity contribution in [2.45, 2.75) is 25.4 Å². The number of carboxylic acids is 1. The lowest BCUT2D eigenvalue weighted by Crippen LogP contribution is -2.23. The largest absolute Gasteiger partial charge is 0.475 e. The summed E-state index contributed by atoms with van der Waals surface area (Å²) in [5.74, 6) is -1.22. The molecule has 0 aliphatic carbocycles. The third-order valence-corrected chi connectivity index (χ3v) is 3.56. The van der Waals surface area contributed by atoms with Crippen LogP contribution in [0.25, 0.3) is 11.3 Å². The lowest BCUT2D eigenvalue weighted by atomic mass is 10.0. The normalized spacial score (nSPS) is 12.3. The SMILES string of the molecule is NC(CCO)Cc1ccc(-c2cn(CCO)c(C(=O)O)n2)cc1. The van der Waals surface area contributed by atoms with Crippen molar-refractivity contribution < 1.29 is 20.1 Å². The summed E-state index contributed by atoms with van der Waals surface area (Å²) in [6, 6.07) is 7.46. The second-order valence-electron chi connectivity index (χ2n) is 5.35. The Bertz CT molecular complexity index is 652. The van der Waals surface area contributed by atoms with Crippen molar-refractivity contribution in [3.05, 3.63) is 41.9 Å². The summed E-state index contributed by atoms with van der Waals surface area (Å²) in [6.45, 7) is 0.0972. The number of carboxylic acid groups (broad SMARTS) is 1. The van der Waals surface area contributed by atoms with Gasteiger partial charge in [-0.25, -0.2) is 9.78 Å². The van der Waals surface area contributed by atoms with E-state index in [0.717, 1.165) is 11.1 Å². The standard InChI is InChI=1S/C16H21N3O4/c17-13(5-7-20)9-11-1-3-12(4-2-11)14-10-19(6-8-21)15(18-14)16(22)23/h1-4,10,13,20-21H,5-9,17H2,(H,22,23). The molecular weight excluding hydrogens is 298 g/mol. The molecule has 23 heavy (non-hydrogen) atoms. The second-order valence-corrected chi connectivity index (χ2v) is 5.35. The van der Waals surface area contributed by atoms with Gasteiger partial charge < -0.3 is 25.6 Å². The van der Waals surface area contributed by atoms with Crippen LogP contribution in [0.5, 0.6) is 0 Å². The van der Waals surface area contributed by atoms with E-state index in [1.54, 1.807) is 6.20 Å². The highest BCUT2D eigenvalue weighted by Crippen LogP contribution is 2.20. The Morgan fingerprint density at radius 3 is 2.48 bits per heavy atom. The van der Waals surface area contributed by atoms with Gasteiger partial charge in [0.05, 0.1) is 12.3 Å². The molecule has 1 aromatic heterocycles. The number of benzene rings is 1. The first-order valence-corrected chi connectivity index (χ1v) is 7.42. The summed E-state index contributed by atoms with van der Waals surface area (Å²) in [5, 5.41) is 27.0. The van der Waals surface area contributed by atoms with E-state index in [1.165, 1.54) is 4.57 Å². The lowest BCUT2D eigenvalue weighted by Gasteiger charge is -2.09. The minimum Gasteiger partial charge on any atom is -0.475 e. The molecule has 1 aromatic carbocycles. The van der Waals surface area contributed by atoms with Gasteiger partial charge >= 0.3 is 5.97 Å². The van der Waals surface area contributed by atoms with Crippen molar-refractivity contribution in [2.75, 3.05) is 13.2 Å². The molecule has 0 aliphatic heterocycles. The summed E-state index contributed by atoms with van der Waals surface area (Å²) in [5.41, 5.74) is 8.27. The van der Waals surface area contributed by atoms with Gasteiger partial charge in [0.2, 0.25) is 5.82 Å². The van der Waals surface area contributed by atoms with Gasteiger partial charge in [-0.2, -0.15) is 0 Å². The van der Waals surface area contributed by atoms with Gasteiger partial charge in [0.15, 0.2) is 0 Å². The number of hydrogen-bond acceptors (Lipinski definition) is 5. The van der Waals surface area contributed by atoms with Crippen LogP contribution in [0.2, 0.25) is 0 Å². The molecule has 1 unspecified atom stereocenters. The molecule has 0 saturated heterocycles. The van der Waals surface area contributed by atoms with E-state index in [2.05, 4.69) is 4.98 Å². The van der Waals surface area contributed by atoms with Crippen LogP contribution in [0.1, 0.15) is 22.6 Å². The molecule has 0 amide bonds. The summed E-state index contributed by atoms with van der Waals surface area (Å²) in [6.07, 6.45) is 2.83. The van der Waals surface area contributed by atoms with Crippen molar-refractivity contribution in [2.24, 2.45) is 5.73 Å². The molecule has 0 fully saturated rings. The molecule has 5 N–H and O–H groups in total. The fourth-order valence-electron chi connectivity index (χ4n) is 2.39. The molecule has 7 nitrogen and oxygen atoms in total. The third-order valence-electron chi connectivity index (χ3n) is 3.56. The number of rotatable bonds is 8. The van der Waals surface area contributed by atoms with Crippen LogP contribution in [0.4, 0.5) is 0 Å². The maximum Gasteiger partial charge on any atom is 0.372 e. The summed E-state index contributed by atoms with van der Waals surface area (Å²) in [4.78, 5) is 15.3. The predicted molar refractivity (Wildman–Crippen MR) is 85.1 cm³/mol. The number of carbonyl (C=O) groups is 1. The highest BCUT2D eigenvalue weighted by molar-refractivity contribution is 5.84. The molecule has 2 aromatic rings. The number of aromatic carboxylic acids is 1. The molecule has 0 aliphatic rings. The smallest absolute Gasteiger partial charge is 0.372 e. The third kappa shape index (κ3) is 4.38. The Labute approximate surface area is 134 Å². The number of imidazole rings is 1. The van der Waals surface area contributed by atoms with Gasteiger partial charge in [0.25, 0.3) is 0 Å². The Morgan fingerprint density at radius 1 is 1.22 bits per heavy atom. The fraction of sp³-hybridized carbons (Fsp3) is 0.375. The van der Waals surface area contributed by atoms with Gasteiger partial charge in [-0.15, -0.1) is 0 Å². The molecule has 1 heterocycles. The second kappa shape index (κ2) is 7.87. The molecular formula is C16H21N3O4. The van der Waals surface area contributed by atoms with Crippen LogP contribution in [-0.4, -0.2) is 50.1 Å². The van der Waals surface area contributed by atoms with Crippen LogP contribution < -0.4 is 5.73 Å². The van der Waals surface area contributed by atoms with Crippen molar-refractivity contribution in [3.63, 3.8) is 0 Å². The van der Waals surface area contributed by atoms with E-state index in [-0.39, 0.29) is 31.6 Å². The van der Waals surface area contributed by atoms with E-state index < -0.39 is 5.97 Å². The molecule has 1 atom stereocenters.